The highest BCUT2D eigenvalue weighted by atomic mass is 79.9. The van der Waals surface area contributed by atoms with Crippen LogP contribution < -0.4 is 11.1 Å². The summed E-state index contributed by atoms with van der Waals surface area (Å²) in [7, 11) is 0. The number of rotatable bonds is 2. The number of hydrogen-bond donors (Lipinski definition) is 3. The fourth-order valence-corrected chi connectivity index (χ4v) is 2.01. The zero-order chi connectivity index (χ0) is 14.7. The van der Waals surface area contributed by atoms with Gasteiger partial charge in [0.1, 0.15) is 6.07 Å². The molecule has 2 rings (SSSR count). The van der Waals surface area contributed by atoms with Gasteiger partial charge in [-0.3, -0.25) is 4.79 Å². The molecule has 0 bridgehead atoms. The van der Waals surface area contributed by atoms with Crippen LogP contribution in [0.3, 0.4) is 0 Å². The zero-order valence-electron chi connectivity index (χ0n) is 10.2. The van der Waals surface area contributed by atoms with Crippen molar-refractivity contribution in [1.82, 2.24) is 0 Å². The topological polar surface area (TPSA) is 99.1 Å². The Bertz CT molecular complexity index is 723. The fourth-order valence-electron chi connectivity index (χ4n) is 1.65. The van der Waals surface area contributed by atoms with Gasteiger partial charge in [-0.05, 0) is 30.3 Å². The molecule has 0 unspecified atom stereocenters. The summed E-state index contributed by atoms with van der Waals surface area (Å²) in [5.74, 6) is -0.817. The predicted octanol–water partition coefficient (Wildman–Crippen LogP) is 2.86. The van der Waals surface area contributed by atoms with E-state index >= 15 is 0 Å². The van der Waals surface area contributed by atoms with Crippen LogP contribution in [0.2, 0.25) is 0 Å². The smallest absolute Gasteiger partial charge is 0.259 e. The molecule has 6 heteroatoms. The van der Waals surface area contributed by atoms with Crippen LogP contribution >= 0.6 is 15.9 Å². The van der Waals surface area contributed by atoms with E-state index in [1.165, 1.54) is 12.1 Å². The van der Waals surface area contributed by atoms with Crippen LogP contribution in [0.25, 0.3) is 0 Å². The quantitative estimate of drug-likeness (QED) is 0.582. The molecule has 1 amide bonds. The summed E-state index contributed by atoms with van der Waals surface area (Å²) in [4.78, 5) is 12.1. The number of carbonyl (C=O) groups excluding carboxylic acids is 1. The zero-order valence-corrected chi connectivity index (χ0v) is 11.8. The van der Waals surface area contributed by atoms with Gasteiger partial charge in [-0.2, -0.15) is 5.26 Å². The van der Waals surface area contributed by atoms with Crippen molar-refractivity contribution in [3.05, 3.63) is 52.0 Å². The molecule has 0 saturated heterocycles. The van der Waals surface area contributed by atoms with Crippen molar-refractivity contribution in [3.63, 3.8) is 0 Å². The second kappa shape index (κ2) is 5.63. The first kappa shape index (κ1) is 13.9. The molecule has 0 spiro atoms. The Morgan fingerprint density at radius 2 is 2.10 bits per heavy atom. The van der Waals surface area contributed by atoms with Crippen LogP contribution in [0.4, 0.5) is 11.4 Å². The molecule has 4 N–H and O–H groups in total. The maximum Gasteiger partial charge on any atom is 0.259 e. The summed E-state index contributed by atoms with van der Waals surface area (Å²) in [5.41, 5.74) is 6.39. The number of nitrogen functional groups attached to an aromatic ring is 1. The van der Waals surface area contributed by atoms with Crippen molar-refractivity contribution in [2.75, 3.05) is 11.1 Å². The third-order valence-corrected chi connectivity index (χ3v) is 3.16. The molecule has 100 valence electrons. The van der Waals surface area contributed by atoms with Gasteiger partial charge in [0.15, 0.2) is 5.75 Å². The molecule has 2 aromatic carbocycles. The highest BCUT2D eigenvalue weighted by molar-refractivity contribution is 9.10. The lowest BCUT2D eigenvalue weighted by Gasteiger charge is -2.09. The van der Waals surface area contributed by atoms with E-state index in [2.05, 4.69) is 21.2 Å². The van der Waals surface area contributed by atoms with E-state index in [4.69, 9.17) is 11.0 Å². The average Bonchev–Trinajstić information content (AvgIpc) is 2.42. The average molecular weight is 332 g/mol. The van der Waals surface area contributed by atoms with Crippen molar-refractivity contribution in [3.8, 4) is 11.8 Å². The Morgan fingerprint density at radius 1 is 1.35 bits per heavy atom. The van der Waals surface area contributed by atoms with Gasteiger partial charge in [0.2, 0.25) is 0 Å². The number of halogens is 1. The minimum Gasteiger partial charge on any atom is -0.505 e. The molecule has 0 saturated carbocycles. The number of carbonyl (C=O) groups is 1. The molecule has 20 heavy (non-hydrogen) atoms. The van der Waals surface area contributed by atoms with Crippen molar-refractivity contribution < 1.29 is 9.90 Å². The standard InChI is InChI=1S/C14H10BrN3O2/c15-9-5-4-8(7-16)12(6-9)18-14(20)10-2-1-3-11(17)13(10)19/h1-6,19H,17H2,(H,18,20). The van der Waals surface area contributed by atoms with Crippen LogP contribution in [0.15, 0.2) is 40.9 Å². The minimum atomic E-state index is -0.538. The first-order valence-electron chi connectivity index (χ1n) is 5.61. The molecule has 0 fully saturated rings. The molecule has 0 heterocycles. The highest BCUT2D eigenvalue weighted by Crippen LogP contribution is 2.26. The first-order valence-corrected chi connectivity index (χ1v) is 6.40. The van der Waals surface area contributed by atoms with Crippen molar-refractivity contribution >= 4 is 33.2 Å². The lowest BCUT2D eigenvalue weighted by atomic mass is 10.1. The Labute approximate surface area is 123 Å². The number of nitrogens with zero attached hydrogens (tertiary/aromatic N) is 1. The number of aromatic hydroxyl groups is 1. The summed E-state index contributed by atoms with van der Waals surface area (Å²) in [6.45, 7) is 0. The normalized spacial score (nSPS) is 9.80. The number of benzene rings is 2. The van der Waals surface area contributed by atoms with E-state index < -0.39 is 5.91 Å². The molecule has 0 radical (unpaired) electrons. The van der Waals surface area contributed by atoms with Gasteiger partial charge >= 0.3 is 0 Å². The van der Waals surface area contributed by atoms with Gasteiger partial charge in [0.25, 0.3) is 5.91 Å². The van der Waals surface area contributed by atoms with Crippen LogP contribution in [-0.2, 0) is 0 Å². The van der Waals surface area contributed by atoms with Gasteiger partial charge in [-0.15, -0.1) is 0 Å². The van der Waals surface area contributed by atoms with Crippen molar-refractivity contribution in [2.45, 2.75) is 0 Å². The van der Waals surface area contributed by atoms with Gasteiger partial charge in [-0.1, -0.05) is 22.0 Å². The number of nitrogens with two attached hydrogens (primary N) is 1. The summed E-state index contributed by atoms with van der Waals surface area (Å²) < 4.78 is 0.726. The molecule has 0 aliphatic carbocycles. The van der Waals surface area contributed by atoms with E-state index in [0.29, 0.717) is 11.3 Å². The second-order valence-electron chi connectivity index (χ2n) is 4.00. The Balaban J connectivity index is 2.35. The maximum atomic E-state index is 12.1. The molecule has 0 aliphatic rings. The molecular formula is C14H10BrN3O2. The molecule has 2 aromatic rings. The predicted molar refractivity (Wildman–Crippen MR) is 79.3 cm³/mol. The molecule has 0 aliphatic heterocycles. The molecular weight excluding hydrogens is 322 g/mol. The maximum absolute atomic E-state index is 12.1. The van der Waals surface area contributed by atoms with E-state index in [9.17, 15) is 9.90 Å². The number of nitriles is 1. The summed E-state index contributed by atoms with van der Waals surface area (Å²) in [5, 5.41) is 21.4. The summed E-state index contributed by atoms with van der Waals surface area (Å²) >= 11 is 3.27. The number of phenolic OH excluding ortho intramolecular Hbond substituents is 1. The van der Waals surface area contributed by atoms with Gasteiger partial charge in [0, 0.05) is 4.47 Å². The molecule has 0 aromatic heterocycles. The third kappa shape index (κ3) is 2.73. The Morgan fingerprint density at radius 3 is 2.80 bits per heavy atom. The lowest BCUT2D eigenvalue weighted by molar-refractivity contribution is 0.102. The van der Waals surface area contributed by atoms with Gasteiger partial charge in [0.05, 0.1) is 22.5 Å². The number of hydrogen-bond acceptors (Lipinski definition) is 4. The third-order valence-electron chi connectivity index (χ3n) is 2.66. The van der Waals surface area contributed by atoms with E-state index in [0.717, 1.165) is 4.47 Å². The minimum absolute atomic E-state index is 0.0499. The fraction of sp³-hybridized carbons (Fsp3) is 0. The van der Waals surface area contributed by atoms with Gasteiger partial charge in [-0.25, -0.2) is 0 Å². The van der Waals surface area contributed by atoms with Crippen LogP contribution in [0.1, 0.15) is 15.9 Å². The Kier molecular flexibility index (Phi) is 3.91. The van der Waals surface area contributed by atoms with E-state index in [1.54, 1.807) is 24.3 Å². The number of nitrogens with one attached hydrogen (secondary N) is 1. The second-order valence-corrected chi connectivity index (χ2v) is 4.91. The number of phenols is 1. The van der Waals surface area contributed by atoms with Crippen molar-refractivity contribution in [1.29, 1.82) is 5.26 Å². The van der Waals surface area contributed by atoms with Crippen LogP contribution in [0.5, 0.6) is 5.75 Å². The highest BCUT2D eigenvalue weighted by Gasteiger charge is 2.14. The van der Waals surface area contributed by atoms with E-state index in [-0.39, 0.29) is 17.0 Å². The van der Waals surface area contributed by atoms with Gasteiger partial charge < -0.3 is 16.2 Å². The SMILES string of the molecule is N#Cc1ccc(Br)cc1NC(=O)c1cccc(N)c1O. The van der Waals surface area contributed by atoms with Crippen LogP contribution in [0, 0.1) is 11.3 Å². The Hall–Kier alpha value is -2.52. The molecule has 0 atom stereocenters. The van der Waals surface area contributed by atoms with E-state index in [1.807, 2.05) is 6.07 Å². The van der Waals surface area contributed by atoms with Crippen molar-refractivity contribution in [2.24, 2.45) is 0 Å². The number of amides is 1. The monoisotopic (exact) mass is 331 g/mol. The molecule has 5 nitrogen and oxygen atoms in total. The largest absolute Gasteiger partial charge is 0.505 e. The first-order chi connectivity index (χ1) is 9.52. The summed E-state index contributed by atoms with van der Waals surface area (Å²) in [6, 6.07) is 11.4. The number of para-hydroxylation sites is 1. The van der Waals surface area contributed by atoms with Crippen LogP contribution in [-0.4, -0.2) is 11.0 Å². The number of anilines is 2. The lowest BCUT2D eigenvalue weighted by Crippen LogP contribution is -2.13. The summed E-state index contributed by atoms with van der Waals surface area (Å²) in [6.07, 6.45) is 0.